The van der Waals surface area contributed by atoms with Gasteiger partial charge in [0.25, 0.3) is 5.91 Å². The van der Waals surface area contributed by atoms with Crippen LogP contribution in [0.4, 0.5) is 9.18 Å². The van der Waals surface area contributed by atoms with Crippen molar-refractivity contribution in [3.8, 4) is 11.3 Å². The van der Waals surface area contributed by atoms with Gasteiger partial charge in [-0.3, -0.25) is 15.0 Å². The number of sulfonamides is 1. The highest BCUT2D eigenvalue weighted by Crippen LogP contribution is 2.24. The maximum absolute atomic E-state index is 13.5. The fraction of sp³-hybridized carbons (Fsp3) is 0.350. The van der Waals surface area contributed by atoms with Gasteiger partial charge in [0.2, 0.25) is 10.0 Å². The normalized spacial score (nSPS) is 16.9. The number of hydrogen-bond acceptors (Lipinski definition) is 8. The Bertz CT molecular complexity index is 1100. The van der Waals surface area contributed by atoms with Gasteiger partial charge >= 0.3 is 6.09 Å². The number of nitrogens with one attached hydrogen (secondary N) is 1. The molecule has 2 aromatic rings. The first-order valence-electron chi connectivity index (χ1n) is 9.86. The quantitative estimate of drug-likeness (QED) is 0.337. The third-order valence-electron chi connectivity index (χ3n) is 4.98. The van der Waals surface area contributed by atoms with Gasteiger partial charge in [0.1, 0.15) is 23.4 Å². The number of benzene rings is 1. The van der Waals surface area contributed by atoms with Crippen molar-refractivity contribution in [2.45, 2.75) is 10.9 Å². The van der Waals surface area contributed by atoms with Gasteiger partial charge < -0.3 is 14.4 Å². The Morgan fingerprint density at radius 2 is 2.03 bits per heavy atom. The summed E-state index contributed by atoms with van der Waals surface area (Å²) in [5, 5.41) is 9.11. The van der Waals surface area contributed by atoms with Crippen molar-refractivity contribution in [1.82, 2.24) is 19.7 Å². The average Bonchev–Trinajstić information content (AvgIpc) is 2.83. The summed E-state index contributed by atoms with van der Waals surface area (Å²) in [6, 6.07) is 7.01. The predicted octanol–water partition coefficient (Wildman–Crippen LogP) is 0.851. The standard InChI is InChI=1S/C20H23FN4O7S/c1-31-9-10-32-20(27)24-7-8-25(18(13-24)19(26)23-28)33(29,30)16-5-6-17(22-12-16)14-3-2-4-15(21)11-14/h2-6,11-12,18,28H,7-10,13H2,1H3,(H,23,26)/t18-/m0/s1. The zero-order chi connectivity index (χ0) is 24.0. The Balaban J connectivity index is 1.81. The molecular weight excluding hydrogens is 459 g/mol. The van der Waals surface area contributed by atoms with Crippen LogP contribution in [-0.4, -0.2) is 85.8 Å². The van der Waals surface area contributed by atoms with E-state index in [0.29, 0.717) is 11.3 Å². The topological polar surface area (TPSA) is 138 Å². The molecule has 0 radical (unpaired) electrons. The molecule has 13 heteroatoms. The largest absolute Gasteiger partial charge is 0.447 e. The van der Waals surface area contributed by atoms with Gasteiger partial charge in [-0.25, -0.2) is 23.1 Å². The van der Waals surface area contributed by atoms with Crippen molar-refractivity contribution in [3.63, 3.8) is 0 Å². The number of halogens is 1. The van der Waals surface area contributed by atoms with Crippen LogP contribution in [0.1, 0.15) is 0 Å². The molecule has 3 rings (SSSR count). The van der Waals surface area contributed by atoms with Gasteiger partial charge in [0.05, 0.1) is 12.3 Å². The molecule has 1 fully saturated rings. The number of nitrogens with zero attached hydrogens (tertiary/aromatic N) is 3. The highest BCUT2D eigenvalue weighted by molar-refractivity contribution is 7.89. The number of carbonyl (C=O) groups excluding carboxylic acids is 2. The SMILES string of the molecule is COCCOC(=O)N1CCN(S(=O)(=O)c2ccc(-c3cccc(F)c3)nc2)[C@H](C(=O)NO)C1. The van der Waals surface area contributed by atoms with Crippen LogP contribution in [0, 0.1) is 5.82 Å². The van der Waals surface area contributed by atoms with E-state index in [1.54, 1.807) is 6.07 Å². The van der Waals surface area contributed by atoms with Gasteiger partial charge in [0, 0.05) is 38.5 Å². The van der Waals surface area contributed by atoms with E-state index in [2.05, 4.69) is 4.98 Å². The second-order valence-corrected chi connectivity index (χ2v) is 8.94. The van der Waals surface area contributed by atoms with Gasteiger partial charge in [-0.2, -0.15) is 4.31 Å². The number of rotatable bonds is 7. The van der Waals surface area contributed by atoms with E-state index in [4.69, 9.17) is 14.7 Å². The summed E-state index contributed by atoms with van der Waals surface area (Å²) in [5.41, 5.74) is 2.27. The zero-order valence-corrected chi connectivity index (χ0v) is 18.5. The summed E-state index contributed by atoms with van der Waals surface area (Å²) in [6.45, 7) is -0.403. The summed E-state index contributed by atoms with van der Waals surface area (Å²) in [4.78, 5) is 29.5. The van der Waals surface area contributed by atoms with Crippen molar-refractivity contribution in [1.29, 1.82) is 0 Å². The molecule has 0 bridgehead atoms. The van der Waals surface area contributed by atoms with Gasteiger partial charge in [0.15, 0.2) is 0 Å². The number of aromatic nitrogens is 1. The molecule has 1 aromatic heterocycles. The van der Waals surface area contributed by atoms with E-state index in [1.807, 2.05) is 0 Å². The van der Waals surface area contributed by atoms with Crippen LogP contribution in [0.3, 0.4) is 0 Å². The average molecular weight is 482 g/mol. The van der Waals surface area contributed by atoms with E-state index in [-0.39, 0.29) is 37.7 Å². The molecule has 0 saturated carbocycles. The Kier molecular flexibility index (Phi) is 7.92. The number of ether oxygens (including phenoxy) is 2. The van der Waals surface area contributed by atoms with E-state index in [1.165, 1.54) is 47.8 Å². The van der Waals surface area contributed by atoms with E-state index < -0.39 is 33.9 Å². The van der Waals surface area contributed by atoms with Crippen LogP contribution < -0.4 is 5.48 Å². The Labute approximate surface area is 189 Å². The van der Waals surface area contributed by atoms with Crippen LogP contribution in [0.2, 0.25) is 0 Å². The molecule has 0 unspecified atom stereocenters. The second-order valence-electron chi connectivity index (χ2n) is 7.05. The minimum Gasteiger partial charge on any atom is -0.447 e. The lowest BCUT2D eigenvalue weighted by Crippen LogP contribution is -2.61. The lowest BCUT2D eigenvalue weighted by Gasteiger charge is -2.38. The van der Waals surface area contributed by atoms with Gasteiger partial charge in [-0.15, -0.1) is 0 Å². The van der Waals surface area contributed by atoms with Crippen molar-refractivity contribution < 1.29 is 37.1 Å². The van der Waals surface area contributed by atoms with Crippen molar-refractivity contribution in [3.05, 3.63) is 48.4 Å². The third-order valence-corrected chi connectivity index (χ3v) is 6.87. The number of hydroxylamine groups is 1. The molecule has 33 heavy (non-hydrogen) atoms. The Morgan fingerprint density at radius 3 is 2.67 bits per heavy atom. The molecule has 1 aromatic carbocycles. The van der Waals surface area contributed by atoms with Crippen molar-refractivity contribution in [2.75, 3.05) is 40.0 Å². The van der Waals surface area contributed by atoms with Crippen molar-refractivity contribution >= 4 is 22.0 Å². The lowest BCUT2D eigenvalue weighted by molar-refractivity contribution is -0.134. The smallest absolute Gasteiger partial charge is 0.409 e. The molecule has 0 spiro atoms. The maximum atomic E-state index is 13.5. The number of carbonyl (C=O) groups is 2. The number of hydrogen-bond donors (Lipinski definition) is 2. The van der Waals surface area contributed by atoms with E-state index in [0.717, 1.165) is 10.5 Å². The molecular formula is C20H23FN4O7S. The molecule has 2 heterocycles. The second kappa shape index (κ2) is 10.7. The van der Waals surface area contributed by atoms with Gasteiger partial charge in [-0.1, -0.05) is 12.1 Å². The minimum atomic E-state index is -4.22. The number of amides is 2. The molecule has 2 amide bonds. The molecule has 1 aliphatic heterocycles. The lowest BCUT2D eigenvalue weighted by atomic mass is 10.1. The Hall–Kier alpha value is -3.13. The van der Waals surface area contributed by atoms with Crippen LogP contribution in [0.15, 0.2) is 47.5 Å². The molecule has 1 atom stereocenters. The van der Waals surface area contributed by atoms with Crippen LogP contribution in [0.5, 0.6) is 0 Å². The first kappa shape index (κ1) is 24.5. The number of piperazine rings is 1. The van der Waals surface area contributed by atoms with Crippen LogP contribution in [0.25, 0.3) is 11.3 Å². The van der Waals surface area contributed by atoms with Crippen LogP contribution in [-0.2, 0) is 24.3 Å². The first-order valence-corrected chi connectivity index (χ1v) is 11.3. The molecule has 1 saturated heterocycles. The van der Waals surface area contributed by atoms with Crippen LogP contribution >= 0.6 is 0 Å². The summed E-state index contributed by atoms with van der Waals surface area (Å²) in [5.74, 6) is -1.46. The fourth-order valence-corrected chi connectivity index (χ4v) is 4.81. The molecule has 2 N–H and O–H groups in total. The zero-order valence-electron chi connectivity index (χ0n) is 17.7. The number of methoxy groups -OCH3 is 1. The molecule has 11 nitrogen and oxygen atoms in total. The first-order chi connectivity index (χ1) is 15.8. The fourth-order valence-electron chi connectivity index (χ4n) is 3.30. The maximum Gasteiger partial charge on any atom is 0.409 e. The summed E-state index contributed by atoms with van der Waals surface area (Å²) in [6.07, 6.45) is 0.371. The summed E-state index contributed by atoms with van der Waals surface area (Å²) < 4.78 is 50.6. The highest BCUT2D eigenvalue weighted by Gasteiger charge is 2.41. The third kappa shape index (κ3) is 5.63. The van der Waals surface area contributed by atoms with E-state index in [9.17, 15) is 22.4 Å². The summed E-state index contributed by atoms with van der Waals surface area (Å²) >= 11 is 0. The van der Waals surface area contributed by atoms with Gasteiger partial charge in [-0.05, 0) is 24.3 Å². The summed E-state index contributed by atoms with van der Waals surface area (Å²) in [7, 11) is -2.77. The minimum absolute atomic E-state index is 0.00591. The highest BCUT2D eigenvalue weighted by atomic mass is 32.2. The predicted molar refractivity (Wildman–Crippen MR) is 112 cm³/mol. The Morgan fingerprint density at radius 1 is 1.24 bits per heavy atom. The molecule has 1 aliphatic rings. The van der Waals surface area contributed by atoms with Crippen molar-refractivity contribution in [2.24, 2.45) is 0 Å². The molecule has 0 aliphatic carbocycles. The monoisotopic (exact) mass is 482 g/mol. The number of pyridine rings is 1. The van der Waals surface area contributed by atoms with E-state index >= 15 is 0 Å². The molecule has 178 valence electrons.